The Morgan fingerprint density at radius 1 is 1.07 bits per heavy atom. The molecular weight excluding hydrogens is 362 g/mol. The van der Waals surface area contributed by atoms with E-state index in [4.69, 9.17) is 13.9 Å². The van der Waals surface area contributed by atoms with Crippen molar-refractivity contribution >= 4 is 20.4 Å². The van der Waals surface area contributed by atoms with Crippen LogP contribution in [0.1, 0.15) is 60.8 Å². The van der Waals surface area contributed by atoms with Crippen LogP contribution in [0, 0.1) is 0 Å². The summed E-state index contributed by atoms with van der Waals surface area (Å²) in [4.78, 5) is 27.1. The van der Waals surface area contributed by atoms with Gasteiger partial charge in [0.1, 0.15) is 5.60 Å². The molecule has 2 bridgehead atoms. The van der Waals surface area contributed by atoms with Crippen LogP contribution in [0.5, 0.6) is 0 Å². The van der Waals surface area contributed by atoms with Gasteiger partial charge in [-0.15, -0.1) is 0 Å². The normalized spacial score (nSPS) is 23.4. The molecule has 1 saturated heterocycles. The van der Waals surface area contributed by atoms with Crippen LogP contribution < -0.4 is 0 Å². The number of esters is 1. The van der Waals surface area contributed by atoms with Crippen LogP contribution in [-0.2, 0) is 18.7 Å². The third-order valence-corrected chi connectivity index (χ3v) is 10.1. The molecule has 6 nitrogen and oxygen atoms in total. The number of carbonyl (C=O) groups is 2. The van der Waals surface area contributed by atoms with Crippen LogP contribution >= 0.6 is 0 Å². The first-order valence-corrected chi connectivity index (χ1v) is 12.6. The van der Waals surface area contributed by atoms with E-state index in [1.54, 1.807) is 4.90 Å². The lowest BCUT2D eigenvalue weighted by Gasteiger charge is -2.42. The van der Waals surface area contributed by atoms with Gasteiger partial charge < -0.3 is 13.9 Å². The highest BCUT2D eigenvalue weighted by atomic mass is 28.4. The fourth-order valence-electron chi connectivity index (χ4n) is 3.39. The van der Waals surface area contributed by atoms with Crippen molar-refractivity contribution in [1.29, 1.82) is 0 Å². The lowest BCUT2D eigenvalue weighted by atomic mass is 10.00. The molecule has 0 aliphatic carbocycles. The topological polar surface area (TPSA) is 65.1 Å². The molecule has 0 unspecified atom stereocenters. The predicted molar refractivity (Wildman–Crippen MR) is 107 cm³/mol. The SMILES string of the molecule is COC(=O)C1=C(O[Si](C)(C)C(C)(C)C)C[C@@H]2CC[C@H]1N2C(=O)OC(C)(C)C. The molecule has 0 radical (unpaired) electrons. The van der Waals surface area contributed by atoms with Crippen molar-refractivity contribution < 1.29 is 23.5 Å². The molecule has 154 valence electrons. The highest BCUT2D eigenvalue weighted by Crippen LogP contribution is 2.45. The zero-order chi connectivity index (χ0) is 20.8. The molecule has 2 heterocycles. The number of nitrogens with zero attached hydrogens (tertiary/aromatic N) is 1. The van der Waals surface area contributed by atoms with Crippen LogP contribution in [0.25, 0.3) is 0 Å². The van der Waals surface area contributed by atoms with Gasteiger partial charge in [-0.1, -0.05) is 20.8 Å². The molecular formula is C20H35NO5Si. The van der Waals surface area contributed by atoms with Crippen LogP contribution in [0.2, 0.25) is 18.1 Å². The number of carbonyl (C=O) groups excluding carboxylic acids is 2. The van der Waals surface area contributed by atoms with Gasteiger partial charge in [0.15, 0.2) is 0 Å². The summed E-state index contributed by atoms with van der Waals surface area (Å²) >= 11 is 0. The maximum atomic E-state index is 12.8. The second-order valence-electron chi connectivity index (χ2n) is 10.0. The fraction of sp³-hybridized carbons (Fsp3) is 0.800. The van der Waals surface area contributed by atoms with Crippen LogP contribution in [0.4, 0.5) is 4.79 Å². The number of hydrogen-bond donors (Lipinski definition) is 0. The maximum Gasteiger partial charge on any atom is 0.411 e. The molecule has 0 N–H and O–H groups in total. The van der Waals surface area contributed by atoms with Gasteiger partial charge in [-0.3, -0.25) is 4.90 Å². The number of methoxy groups -OCH3 is 1. The average Bonchev–Trinajstić information content (AvgIpc) is 2.79. The Hall–Kier alpha value is -1.50. The molecule has 2 aliphatic rings. The van der Waals surface area contributed by atoms with Crippen molar-refractivity contribution in [3.8, 4) is 0 Å². The van der Waals surface area contributed by atoms with Crippen molar-refractivity contribution in [3.05, 3.63) is 11.3 Å². The minimum Gasteiger partial charge on any atom is -0.546 e. The number of hydrogen-bond acceptors (Lipinski definition) is 5. The number of rotatable bonds is 3. The lowest BCUT2D eigenvalue weighted by molar-refractivity contribution is -0.137. The van der Waals surface area contributed by atoms with Crippen molar-refractivity contribution in [1.82, 2.24) is 4.90 Å². The summed E-state index contributed by atoms with van der Waals surface area (Å²) in [6, 6.07) is -0.344. The van der Waals surface area contributed by atoms with Gasteiger partial charge in [-0.2, -0.15) is 0 Å². The molecule has 1 amide bonds. The summed E-state index contributed by atoms with van der Waals surface area (Å²) in [5.74, 6) is 0.295. The minimum atomic E-state index is -2.11. The summed E-state index contributed by atoms with van der Waals surface area (Å²) in [7, 11) is -0.739. The van der Waals surface area contributed by atoms with E-state index in [1.165, 1.54) is 7.11 Å². The Labute approximate surface area is 164 Å². The van der Waals surface area contributed by atoms with Gasteiger partial charge in [-0.05, 0) is 51.7 Å². The Kier molecular flexibility index (Phi) is 5.77. The summed E-state index contributed by atoms with van der Waals surface area (Å²) in [5.41, 5.74) is -0.0919. The summed E-state index contributed by atoms with van der Waals surface area (Å²) in [5, 5.41) is 0.0164. The van der Waals surface area contributed by atoms with Crippen LogP contribution in [0.3, 0.4) is 0 Å². The smallest absolute Gasteiger partial charge is 0.411 e. The maximum absolute atomic E-state index is 12.8. The standard InChI is InChI=1S/C20H35NO5Si/c1-19(2,3)25-18(23)21-13-10-11-14(21)16(17(22)24-7)15(12-13)26-27(8,9)20(4,5)6/h13-14H,10-12H2,1-9H3/t13-,14+/m0/s1. The predicted octanol–water partition coefficient (Wildman–Crippen LogP) is 4.61. The van der Waals surface area contributed by atoms with Gasteiger partial charge in [-0.25, -0.2) is 9.59 Å². The van der Waals surface area contributed by atoms with Gasteiger partial charge >= 0.3 is 12.1 Å². The first-order valence-electron chi connectivity index (χ1n) is 9.69. The molecule has 0 spiro atoms. The lowest BCUT2D eigenvalue weighted by Crippen LogP contribution is -2.50. The van der Waals surface area contributed by atoms with Gasteiger partial charge in [0.2, 0.25) is 8.32 Å². The monoisotopic (exact) mass is 397 g/mol. The highest BCUT2D eigenvalue weighted by Gasteiger charge is 2.50. The van der Waals surface area contributed by atoms with Crippen LogP contribution in [0.15, 0.2) is 11.3 Å². The zero-order valence-electron chi connectivity index (χ0n) is 18.3. The van der Waals surface area contributed by atoms with Crippen molar-refractivity contribution in [2.24, 2.45) is 0 Å². The largest absolute Gasteiger partial charge is 0.546 e. The molecule has 0 aromatic heterocycles. The molecule has 27 heavy (non-hydrogen) atoms. The first kappa shape index (κ1) is 21.8. The van der Waals surface area contributed by atoms with E-state index in [2.05, 4.69) is 33.9 Å². The minimum absolute atomic E-state index is 0.00183. The fourth-order valence-corrected chi connectivity index (χ4v) is 4.50. The molecule has 1 fully saturated rings. The van der Waals surface area contributed by atoms with E-state index < -0.39 is 19.9 Å². The van der Waals surface area contributed by atoms with E-state index in [0.717, 1.165) is 12.8 Å². The van der Waals surface area contributed by atoms with Gasteiger partial charge in [0.05, 0.1) is 24.5 Å². The Balaban J connectivity index is 2.41. The summed E-state index contributed by atoms with van der Waals surface area (Å²) in [6.45, 7) is 16.4. The molecule has 0 aromatic rings. The first-order chi connectivity index (χ1) is 12.2. The van der Waals surface area contributed by atoms with E-state index >= 15 is 0 Å². The zero-order valence-corrected chi connectivity index (χ0v) is 19.3. The number of ether oxygens (including phenoxy) is 2. The molecule has 0 saturated carbocycles. The van der Waals surface area contributed by atoms with Gasteiger partial charge in [0, 0.05) is 12.5 Å². The Morgan fingerprint density at radius 3 is 2.15 bits per heavy atom. The Morgan fingerprint density at radius 2 is 1.67 bits per heavy atom. The van der Waals surface area contributed by atoms with Crippen molar-refractivity contribution in [2.75, 3.05) is 7.11 Å². The second-order valence-corrected chi connectivity index (χ2v) is 14.8. The van der Waals surface area contributed by atoms with E-state index in [0.29, 0.717) is 17.8 Å². The van der Waals surface area contributed by atoms with E-state index in [9.17, 15) is 9.59 Å². The second kappa shape index (κ2) is 7.15. The molecule has 0 aromatic carbocycles. The number of fused-ring (bicyclic) bond motifs is 2. The number of amides is 1. The third-order valence-electron chi connectivity index (χ3n) is 5.75. The molecule has 7 heteroatoms. The van der Waals surface area contributed by atoms with E-state index in [-0.39, 0.29) is 23.2 Å². The third kappa shape index (κ3) is 4.50. The molecule has 2 rings (SSSR count). The van der Waals surface area contributed by atoms with E-state index in [1.807, 2.05) is 20.8 Å². The van der Waals surface area contributed by atoms with Crippen molar-refractivity contribution in [2.45, 2.75) is 96.6 Å². The van der Waals surface area contributed by atoms with Crippen LogP contribution in [-0.4, -0.2) is 50.1 Å². The molecule has 2 aliphatic heterocycles. The molecule has 2 atom stereocenters. The summed E-state index contributed by atoms with van der Waals surface area (Å²) in [6.07, 6.45) is 1.71. The summed E-state index contributed by atoms with van der Waals surface area (Å²) < 4.78 is 17.2. The van der Waals surface area contributed by atoms with Gasteiger partial charge in [0.25, 0.3) is 0 Å². The Bertz CT molecular complexity index is 642. The van der Waals surface area contributed by atoms with Crippen molar-refractivity contribution in [3.63, 3.8) is 0 Å². The quantitative estimate of drug-likeness (QED) is 0.514. The highest BCUT2D eigenvalue weighted by molar-refractivity contribution is 6.74. The average molecular weight is 398 g/mol.